The van der Waals surface area contributed by atoms with Crippen LogP contribution in [0.15, 0.2) is 62.8 Å². The van der Waals surface area contributed by atoms with E-state index in [9.17, 15) is 4.79 Å². The van der Waals surface area contributed by atoms with Crippen LogP contribution >= 0.6 is 11.8 Å². The van der Waals surface area contributed by atoms with Crippen molar-refractivity contribution in [3.8, 4) is 16.9 Å². The number of fused-ring (bicyclic) bond motifs is 1. The quantitative estimate of drug-likeness (QED) is 0.680. The van der Waals surface area contributed by atoms with E-state index in [2.05, 4.69) is 0 Å². The third-order valence-electron chi connectivity index (χ3n) is 3.32. The van der Waals surface area contributed by atoms with Crippen molar-refractivity contribution in [1.82, 2.24) is 0 Å². The summed E-state index contributed by atoms with van der Waals surface area (Å²) in [6, 6.07) is 14.8. The van der Waals surface area contributed by atoms with Gasteiger partial charge in [-0.15, -0.1) is 0 Å². The number of methoxy groups -OCH3 is 1. The number of thioether (sulfide) groups is 1. The normalized spacial score (nSPS) is 10.8. The van der Waals surface area contributed by atoms with Gasteiger partial charge in [0.2, 0.25) is 5.43 Å². The van der Waals surface area contributed by atoms with Crippen molar-refractivity contribution in [1.29, 1.82) is 0 Å². The van der Waals surface area contributed by atoms with E-state index >= 15 is 0 Å². The standard InChI is InChI=1S/C17H14O3S/c1-19-12-8-9-13-14(10-12)20-17(21-2)15(16(13)18)11-6-4-3-5-7-11/h3-10H,1-2H3. The molecule has 1 aromatic heterocycles. The third-order valence-corrected chi connectivity index (χ3v) is 3.97. The van der Waals surface area contributed by atoms with Crippen molar-refractivity contribution in [2.45, 2.75) is 5.09 Å². The molecule has 0 amide bonds. The maximum atomic E-state index is 12.8. The van der Waals surface area contributed by atoms with Gasteiger partial charge in [0.25, 0.3) is 0 Å². The molecular weight excluding hydrogens is 284 g/mol. The van der Waals surface area contributed by atoms with E-state index in [0.29, 0.717) is 27.4 Å². The average molecular weight is 298 g/mol. The van der Waals surface area contributed by atoms with E-state index in [-0.39, 0.29) is 5.43 Å². The summed E-state index contributed by atoms with van der Waals surface area (Å²) in [6.45, 7) is 0. The van der Waals surface area contributed by atoms with Gasteiger partial charge in [-0.05, 0) is 24.0 Å². The molecule has 4 heteroatoms. The van der Waals surface area contributed by atoms with E-state index in [1.54, 1.807) is 25.3 Å². The van der Waals surface area contributed by atoms with Gasteiger partial charge < -0.3 is 9.15 Å². The van der Waals surface area contributed by atoms with Crippen LogP contribution in [-0.2, 0) is 0 Å². The molecule has 0 saturated carbocycles. The molecule has 0 aliphatic carbocycles. The number of rotatable bonds is 3. The molecule has 0 unspecified atom stereocenters. The van der Waals surface area contributed by atoms with Gasteiger partial charge in [-0.25, -0.2) is 0 Å². The van der Waals surface area contributed by atoms with Gasteiger partial charge >= 0.3 is 0 Å². The fraction of sp³-hybridized carbons (Fsp3) is 0.118. The SMILES string of the molecule is COc1ccc2c(=O)c(-c3ccccc3)c(SC)oc2c1. The maximum absolute atomic E-state index is 12.8. The molecule has 0 bridgehead atoms. The second-order valence-electron chi connectivity index (χ2n) is 4.53. The molecule has 21 heavy (non-hydrogen) atoms. The molecular formula is C17H14O3S. The second kappa shape index (κ2) is 5.66. The minimum atomic E-state index is -0.0190. The first-order valence-corrected chi connectivity index (χ1v) is 7.71. The highest BCUT2D eigenvalue weighted by Gasteiger charge is 2.15. The molecule has 3 nitrogen and oxygen atoms in total. The monoisotopic (exact) mass is 298 g/mol. The lowest BCUT2D eigenvalue weighted by atomic mass is 10.1. The van der Waals surface area contributed by atoms with Crippen molar-refractivity contribution in [3.05, 3.63) is 58.8 Å². The highest BCUT2D eigenvalue weighted by molar-refractivity contribution is 7.98. The molecule has 3 rings (SSSR count). The lowest BCUT2D eigenvalue weighted by molar-refractivity contribution is 0.413. The molecule has 0 spiro atoms. The van der Waals surface area contributed by atoms with Crippen LogP contribution in [0.25, 0.3) is 22.1 Å². The predicted octanol–water partition coefficient (Wildman–Crippen LogP) is 4.19. The van der Waals surface area contributed by atoms with Gasteiger partial charge in [-0.1, -0.05) is 42.1 Å². The average Bonchev–Trinajstić information content (AvgIpc) is 2.54. The van der Waals surface area contributed by atoms with Gasteiger partial charge in [0, 0.05) is 6.07 Å². The van der Waals surface area contributed by atoms with E-state index in [4.69, 9.17) is 9.15 Å². The van der Waals surface area contributed by atoms with Gasteiger partial charge in [-0.3, -0.25) is 4.79 Å². The Labute approximate surface area is 126 Å². The molecule has 106 valence electrons. The Morgan fingerprint density at radius 2 is 1.86 bits per heavy atom. The van der Waals surface area contributed by atoms with Gasteiger partial charge in [0.1, 0.15) is 11.3 Å². The molecule has 2 aromatic carbocycles. The fourth-order valence-electron chi connectivity index (χ4n) is 2.28. The van der Waals surface area contributed by atoms with Crippen LogP contribution in [0.2, 0.25) is 0 Å². The van der Waals surface area contributed by atoms with Gasteiger partial charge in [-0.2, -0.15) is 0 Å². The number of hydrogen-bond acceptors (Lipinski definition) is 4. The minimum absolute atomic E-state index is 0.0190. The molecule has 0 fully saturated rings. The van der Waals surface area contributed by atoms with Crippen molar-refractivity contribution in [3.63, 3.8) is 0 Å². The summed E-state index contributed by atoms with van der Waals surface area (Å²) in [7, 11) is 1.59. The second-order valence-corrected chi connectivity index (χ2v) is 5.30. The topological polar surface area (TPSA) is 39.4 Å². The summed E-state index contributed by atoms with van der Waals surface area (Å²) in [6.07, 6.45) is 1.90. The van der Waals surface area contributed by atoms with Crippen molar-refractivity contribution < 1.29 is 9.15 Å². The Morgan fingerprint density at radius 1 is 1.10 bits per heavy atom. The zero-order valence-electron chi connectivity index (χ0n) is 11.8. The minimum Gasteiger partial charge on any atom is -0.497 e. The number of benzene rings is 2. The Kier molecular flexibility index (Phi) is 3.71. The summed E-state index contributed by atoms with van der Waals surface area (Å²) in [5.41, 5.74) is 2.01. The van der Waals surface area contributed by atoms with E-state index in [0.717, 1.165) is 5.56 Å². The summed E-state index contributed by atoms with van der Waals surface area (Å²) < 4.78 is 11.1. The van der Waals surface area contributed by atoms with E-state index in [1.165, 1.54) is 11.8 Å². The third kappa shape index (κ3) is 2.43. The van der Waals surface area contributed by atoms with Crippen molar-refractivity contribution in [2.75, 3.05) is 13.4 Å². The zero-order valence-corrected chi connectivity index (χ0v) is 12.6. The highest BCUT2D eigenvalue weighted by atomic mass is 32.2. The van der Waals surface area contributed by atoms with Crippen molar-refractivity contribution in [2.24, 2.45) is 0 Å². The van der Waals surface area contributed by atoms with Crippen LogP contribution in [0.5, 0.6) is 5.75 Å². The molecule has 0 N–H and O–H groups in total. The first-order valence-electron chi connectivity index (χ1n) is 6.49. The Hall–Kier alpha value is -2.20. The van der Waals surface area contributed by atoms with Crippen LogP contribution in [-0.4, -0.2) is 13.4 Å². The predicted molar refractivity (Wildman–Crippen MR) is 86.3 cm³/mol. The Bertz CT molecular complexity index is 838. The molecule has 0 aliphatic rings. The first-order chi connectivity index (χ1) is 10.2. The zero-order chi connectivity index (χ0) is 14.8. The highest BCUT2D eigenvalue weighted by Crippen LogP contribution is 2.31. The summed E-state index contributed by atoms with van der Waals surface area (Å²) in [4.78, 5) is 12.8. The summed E-state index contributed by atoms with van der Waals surface area (Å²) in [5, 5.41) is 1.18. The largest absolute Gasteiger partial charge is 0.497 e. The van der Waals surface area contributed by atoms with Gasteiger partial charge in [0.05, 0.1) is 18.1 Å². The van der Waals surface area contributed by atoms with E-state index < -0.39 is 0 Å². The Morgan fingerprint density at radius 3 is 2.52 bits per heavy atom. The molecule has 0 aliphatic heterocycles. The fourth-order valence-corrected chi connectivity index (χ4v) is 2.87. The summed E-state index contributed by atoms with van der Waals surface area (Å²) in [5.74, 6) is 0.671. The van der Waals surface area contributed by atoms with Crippen molar-refractivity contribution >= 4 is 22.7 Å². The summed E-state index contributed by atoms with van der Waals surface area (Å²) >= 11 is 1.43. The van der Waals surface area contributed by atoms with Crippen LogP contribution in [0.1, 0.15) is 0 Å². The number of hydrogen-bond donors (Lipinski definition) is 0. The van der Waals surface area contributed by atoms with Crippen LogP contribution < -0.4 is 10.2 Å². The smallest absolute Gasteiger partial charge is 0.201 e. The number of ether oxygens (including phenoxy) is 1. The van der Waals surface area contributed by atoms with Gasteiger partial charge in [0.15, 0.2) is 5.09 Å². The molecule has 0 radical (unpaired) electrons. The lowest BCUT2D eigenvalue weighted by Crippen LogP contribution is -2.07. The van der Waals surface area contributed by atoms with E-state index in [1.807, 2.05) is 36.6 Å². The molecule has 3 aromatic rings. The Balaban J connectivity index is 2.35. The molecule has 1 heterocycles. The molecule has 0 saturated heterocycles. The van der Waals surface area contributed by atoms with Crippen LogP contribution in [0, 0.1) is 0 Å². The van der Waals surface area contributed by atoms with Crippen LogP contribution in [0.4, 0.5) is 0 Å². The molecule has 0 atom stereocenters. The van der Waals surface area contributed by atoms with Crippen LogP contribution in [0.3, 0.4) is 0 Å². The maximum Gasteiger partial charge on any atom is 0.201 e. The lowest BCUT2D eigenvalue weighted by Gasteiger charge is -2.09. The first kappa shape index (κ1) is 13.8.